The summed E-state index contributed by atoms with van der Waals surface area (Å²) in [6, 6.07) is 9.99. The van der Waals surface area contributed by atoms with Gasteiger partial charge < -0.3 is 35.6 Å². The number of carbonyl (C=O) groups excluding carboxylic acids is 4. The maximum atomic E-state index is 13.7. The number of epoxide rings is 1. The highest BCUT2D eigenvalue weighted by Gasteiger charge is 2.50. The average molecular weight is 583 g/mol. The normalized spacial score (nSPS) is 20.5. The number of hydrogen-bond donors (Lipinski definition) is 5. The molecule has 2 aliphatic heterocycles. The Morgan fingerprint density at radius 3 is 2.10 bits per heavy atom. The Kier molecular flexibility index (Phi) is 10.2. The molecule has 0 aromatic heterocycles. The molecule has 2 heterocycles. The maximum Gasteiger partial charge on any atom is 0.243 e. The van der Waals surface area contributed by atoms with Gasteiger partial charge in [-0.15, -0.1) is 0 Å². The number of ketones is 1. The fourth-order valence-electron chi connectivity index (χ4n) is 4.78. The number of amides is 3. The molecule has 2 fully saturated rings. The molecule has 3 amide bonds. The summed E-state index contributed by atoms with van der Waals surface area (Å²) >= 11 is 0. The van der Waals surface area contributed by atoms with Crippen LogP contribution in [0.3, 0.4) is 0 Å². The van der Waals surface area contributed by atoms with Gasteiger partial charge in [0, 0.05) is 25.6 Å². The van der Waals surface area contributed by atoms with E-state index in [1.54, 1.807) is 6.92 Å². The molecule has 5 N–H and O–H groups in total. The Labute approximate surface area is 244 Å². The summed E-state index contributed by atoms with van der Waals surface area (Å²) in [5.41, 5.74) is 0.206. The fraction of sp³-hybridized carbons (Fsp3) is 0.467. The third-order valence-electron chi connectivity index (χ3n) is 7.29. The standard InChI is InChI=1S/C30H38N4O8/c1-19(31-26(37)17-34-8-10-41-11-9-34)28(39)33-25(15-21-12-22(35)16-23(36)13-21)29(40)32-24(27(38)30(2)18-42-30)14-20-6-4-3-5-7-20/h3-7,12-13,16,19,24-25,35-36H,8-11,14-15,17-18H2,1-2H3,(H,31,37)(H,32,40)(H,33,39)/t19-,24-,25-,30+/m0/s1. The van der Waals surface area contributed by atoms with Gasteiger partial charge in [0.25, 0.3) is 0 Å². The van der Waals surface area contributed by atoms with Crippen LogP contribution in [0.2, 0.25) is 0 Å². The predicted octanol–water partition coefficient (Wildman–Crippen LogP) is 0.0475. The predicted molar refractivity (Wildman–Crippen MR) is 152 cm³/mol. The lowest BCUT2D eigenvalue weighted by Gasteiger charge is -2.27. The molecule has 2 aromatic rings. The average Bonchev–Trinajstić information content (AvgIpc) is 3.70. The van der Waals surface area contributed by atoms with Crippen LogP contribution in [-0.4, -0.2) is 102 Å². The highest BCUT2D eigenvalue weighted by Crippen LogP contribution is 2.29. The van der Waals surface area contributed by atoms with Gasteiger partial charge in [-0.3, -0.25) is 24.1 Å². The minimum Gasteiger partial charge on any atom is -0.508 e. The van der Waals surface area contributed by atoms with E-state index in [9.17, 15) is 29.4 Å². The van der Waals surface area contributed by atoms with Crippen LogP contribution >= 0.6 is 0 Å². The summed E-state index contributed by atoms with van der Waals surface area (Å²) in [5, 5.41) is 28.0. The van der Waals surface area contributed by atoms with Crippen LogP contribution in [0.15, 0.2) is 48.5 Å². The minimum absolute atomic E-state index is 0.103. The van der Waals surface area contributed by atoms with E-state index < -0.39 is 35.5 Å². The molecule has 4 atom stereocenters. The molecule has 0 aliphatic carbocycles. The highest BCUT2D eigenvalue weighted by atomic mass is 16.6. The van der Waals surface area contributed by atoms with Gasteiger partial charge in [-0.1, -0.05) is 30.3 Å². The first-order chi connectivity index (χ1) is 20.0. The van der Waals surface area contributed by atoms with E-state index in [-0.39, 0.29) is 49.2 Å². The lowest BCUT2D eigenvalue weighted by Crippen LogP contribution is -2.57. The molecule has 226 valence electrons. The summed E-state index contributed by atoms with van der Waals surface area (Å²) in [6.07, 6.45) is 0.111. The van der Waals surface area contributed by atoms with E-state index in [0.717, 1.165) is 11.6 Å². The number of benzene rings is 2. The smallest absolute Gasteiger partial charge is 0.243 e. The zero-order chi connectivity index (χ0) is 30.3. The molecule has 12 heteroatoms. The molecule has 2 aliphatic rings. The second kappa shape index (κ2) is 13.8. The first kappa shape index (κ1) is 30.9. The minimum atomic E-state index is -1.20. The van der Waals surface area contributed by atoms with Crippen molar-refractivity contribution in [3.63, 3.8) is 0 Å². The van der Waals surface area contributed by atoms with Crippen molar-refractivity contribution >= 4 is 23.5 Å². The molecule has 0 spiro atoms. The van der Waals surface area contributed by atoms with Crippen molar-refractivity contribution in [1.82, 2.24) is 20.9 Å². The molecular weight excluding hydrogens is 544 g/mol. The maximum absolute atomic E-state index is 13.7. The molecule has 42 heavy (non-hydrogen) atoms. The van der Waals surface area contributed by atoms with Gasteiger partial charge in [-0.2, -0.15) is 0 Å². The summed E-state index contributed by atoms with van der Waals surface area (Å²) in [4.78, 5) is 54.6. The highest BCUT2D eigenvalue weighted by molar-refractivity contribution is 5.98. The van der Waals surface area contributed by atoms with Crippen molar-refractivity contribution in [2.45, 2.75) is 50.4 Å². The summed E-state index contributed by atoms with van der Waals surface area (Å²) in [5.74, 6) is -2.31. The van der Waals surface area contributed by atoms with Crippen LogP contribution < -0.4 is 16.0 Å². The van der Waals surface area contributed by atoms with Gasteiger partial charge >= 0.3 is 0 Å². The van der Waals surface area contributed by atoms with Crippen LogP contribution in [0.5, 0.6) is 11.5 Å². The molecule has 0 saturated carbocycles. The first-order valence-corrected chi connectivity index (χ1v) is 14.0. The lowest BCUT2D eigenvalue weighted by molar-refractivity contribution is -0.134. The molecule has 2 aromatic carbocycles. The third kappa shape index (κ3) is 8.75. The third-order valence-corrected chi connectivity index (χ3v) is 7.29. The monoisotopic (exact) mass is 582 g/mol. The molecule has 2 saturated heterocycles. The number of morpholine rings is 1. The van der Waals surface area contributed by atoms with Crippen LogP contribution in [0.1, 0.15) is 25.0 Å². The van der Waals surface area contributed by atoms with Gasteiger partial charge in [-0.05, 0) is 43.5 Å². The van der Waals surface area contributed by atoms with E-state index in [4.69, 9.17) is 9.47 Å². The van der Waals surface area contributed by atoms with Crippen LogP contribution in [0, 0.1) is 0 Å². The van der Waals surface area contributed by atoms with Crippen LogP contribution in [0.25, 0.3) is 0 Å². The molecule has 12 nitrogen and oxygen atoms in total. The van der Waals surface area contributed by atoms with Gasteiger partial charge in [0.1, 0.15) is 29.2 Å². The summed E-state index contributed by atoms with van der Waals surface area (Å²) < 4.78 is 10.6. The SMILES string of the molecule is C[C@H](NC(=O)CN1CCOCC1)C(=O)N[C@@H](Cc1cc(O)cc(O)c1)C(=O)N[C@@H](Cc1ccccc1)C(=O)[C@@]1(C)CO1. The van der Waals surface area contributed by atoms with Crippen LogP contribution in [0.4, 0.5) is 0 Å². The van der Waals surface area contributed by atoms with Gasteiger partial charge in [0.05, 0.1) is 32.4 Å². The molecule has 0 radical (unpaired) electrons. The Balaban J connectivity index is 1.48. The number of nitrogens with zero attached hydrogens (tertiary/aromatic N) is 1. The van der Waals surface area contributed by atoms with E-state index in [2.05, 4.69) is 16.0 Å². The first-order valence-electron chi connectivity index (χ1n) is 14.0. The number of ether oxygens (including phenoxy) is 2. The van der Waals surface area contributed by atoms with Crippen molar-refractivity contribution in [1.29, 1.82) is 0 Å². The van der Waals surface area contributed by atoms with Crippen molar-refractivity contribution in [3.8, 4) is 11.5 Å². The molecule has 4 rings (SSSR count). The number of phenolic OH excluding ortho intramolecular Hbond substituents is 2. The quantitative estimate of drug-likeness (QED) is 0.205. The summed E-state index contributed by atoms with van der Waals surface area (Å²) in [6.45, 7) is 5.81. The molecule has 0 bridgehead atoms. The van der Waals surface area contributed by atoms with E-state index >= 15 is 0 Å². The van der Waals surface area contributed by atoms with Crippen LogP contribution in [-0.2, 0) is 41.5 Å². The Hall–Kier alpha value is -4.00. The van der Waals surface area contributed by atoms with E-state index in [1.165, 1.54) is 19.1 Å². The number of hydrogen-bond acceptors (Lipinski definition) is 9. The molecular formula is C30H38N4O8. The van der Waals surface area contributed by atoms with E-state index in [0.29, 0.717) is 31.9 Å². The number of phenols is 2. The molecule has 0 unspecified atom stereocenters. The number of aromatic hydroxyl groups is 2. The number of Topliss-reactive ketones (excluding diaryl/α,β-unsaturated/α-hetero) is 1. The lowest BCUT2D eigenvalue weighted by atomic mass is 9.94. The van der Waals surface area contributed by atoms with Crippen molar-refractivity contribution in [2.75, 3.05) is 39.5 Å². The zero-order valence-electron chi connectivity index (χ0n) is 23.8. The zero-order valence-corrected chi connectivity index (χ0v) is 23.8. The van der Waals surface area contributed by atoms with E-state index in [1.807, 2.05) is 35.2 Å². The Morgan fingerprint density at radius 2 is 1.48 bits per heavy atom. The topological polar surface area (TPSA) is 170 Å². The fourth-order valence-corrected chi connectivity index (χ4v) is 4.78. The number of carbonyl (C=O) groups is 4. The largest absolute Gasteiger partial charge is 0.508 e. The van der Waals surface area contributed by atoms with Gasteiger partial charge in [0.2, 0.25) is 17.7 Å². The van der Waals surface area contributed by atoms with Crippen molar-refractivity contribution in [2.24, 2.45) is 0 Å². The Bertz CT molecular complexity index is 1260. The van der Waals surface area contributed by atoms with Gasteiger partial charge in [0.15, 0.2) is 5.78 Å². The van der Waals surface area contributed by atoms with Crippen molar-refractivity contribution in [3.05, 3.63) is 59.7 Å². The Morgan fingerprint density at radius 1 is 0.881 bits per heavy atom. The van der Waals surface area contributed by atoms with Crippen molar-refractivity contribution < 1.29 is 38.9 Å². The van der Waals surface area contributed by atoms with Gasteiger partial charge in [-0.25, -0.2) is 0 Å². The number of rotatable bonds is 13. The number of nitrogens with one attached hydrogen (secondary N) is 3. The second-order valence-corrected chi connectivity index (χ2v) is 10.9. The summed E-state index contributed by atoms with van der Waals surface area (Å²) in [7, 11) is 0. The second-order valence-electron chi connectivity index (χ2n) is 10.9.